The number of hydrogen-bond donors (Lipinski definition) is 1. The minimum atomic E-state index is 0.153. The van der Waals surface area contributed by atoms with Crippen molar-refractivity contribution in [1.82, 2.24) is 20.4 Å². The van der Waals surface area contributed by atoms with Crippen molar-refractivity contribution in [3.63, 3.8) is 0 Å². The summed E-state index contributed by atoms with van der Waals surface area (Å²) in [7, 11) is 0. The lowest BCUT2D eigenvalue weighted by atomic mass is 10.0. The van der Waals surface area contributed by atoms with Crippen LogP contribution in [-0.2, 0) is 11.3 Å². The number of carbonyl (C=O) groups excluding carboxylic acids is 1. The van der Waals surface area contributed by atoms with Gasteiger partial charge in [-0.05, 0) is 24.8 Å². The number of aryl methyl sites for hydroxylation is 1. The van der Waals surface area contributed by atoms with Crippen LogP contribution in [0, 0.1) is 18.8 Å². The summed E-state index contributed by atoms with van der Waals surface area (Å²) in [5.41, 5.74) is 4.42. The van der Waals surface area contributed by atoms with Gasteiger partial charge in [-0.15, -0.1) is 0 Å². The lowest BCUT2D eigenvalue weighted by Gasteiger charge is -2.08. The zero-order valence-electron chi connectivity index (χ0n) is 14.8. The van der Waals surface area contributed by atoms with Crippen molar-refractivity contribution >= 4 is 5.91 Å². The predicted molar refractivity (Wildman–Crippen MR) is 96.8 cm³/mol. The molecule has 0 radical (unpaired) electrons. The topological polar surface area (TPSA) is 80.9 Å². The molecule has 0 unspecified atom stereocenters. The van der Waals surface area contributed by atoms with E-state index < -0.39 is 0 Å². The first-order valence-electron chi connectivity index (χ1n) is 8.72. The molecule has 3 aromatic rings. The van der Waals surface area contributed by atoms with Crippen LogP contribution in [0.2, 0.25) is 0 Å². The maximum Gasteiger partial charge on any atom is 0.223 e. The molecule has 26 heavy (non-hydrogen) atoms. The molecule has 1 fully saturated rings. The standard InChI is InChI=1S/C20H20N4O2/c1-12-7-16(12)20(25)22-9-14-3-5-15(6-4-14)19-17(10-21-11-23-19)18-8-13(2)24-26-18/h3-6,8,10-12,16H,7,9H2,1-2H3,(H,22,25)/t12-,16+/m1/s1. The SMILES string of the molecule is Cc1cc(-c2cncnc2-c2ccc(CNC(=O)[C@H]3C[C@H]3C)cc2)on1. The molecule has 4 rings (SSSR count). The summed E-state index contributed by atoms with van der Waals surface area (Å²) < 4.78 is 5.36. The average Bonchev–Trinajstić information content (AvgIpc) is 3.24. The maximum atomic E-state index is 11.9. The molecule has 2 atom stereocenters. The summed E-state index contributed by atoms with van der Waals surface area (Å²) in [5, 5.41) is 6.94. The average molecular weight is 348 g/mol. The molecule has 1 aliphatic carbocycles. The fraction of sp³-hybridized carbons (Fsp3) is 0.300. The third-order valence-electron chi connectivity index (χ3n) is 4.75. The Hall–Kier alpha value is -3.02. The molecule has 132 valence electrons. The van der Waals surface area contributed by atoms with Crippen LogP contribution in [0.1, 0.15) is 24.6 Å². The van der Waals surface area contributed by atoms with E-state index in [2.05, 4.69) is 27.4 Å². The Balaban J connectivity index is 1.51. The summed E-state index contributed by atoms with van der Waals surface area (Å²) in [6, 6.07) is 9.87. The monoisotopic (exact) mass is 348 g/mol. The van der Waals surface area contributed by atoms with Crippen LogP contribution >= 0.6 is 0 Å². The Morgan fingerprint density at radius 3 is 2.73 bits per heavy atom. The third kappa shape index (κ3) is 3.35. The summed E-state index contributed by atoms with van der Waals surface area (Å²) in [6.07, 6.45) is 4.25. The normalized spacial score (nSPS) is 18.5. The quantitative estimate of drug-likeness (QED) is 0.764. The summed E-state index contributed by atoms with van der Waals surface area (Å²) >= 11 is 0. The van der Waals surface area contributed by atoms with E-state index in [1.54, 1.807) is 6.20 Å². The van der Waals surface area contributed by atoms with Crippen molar-refractivity contribution in [2.24, 2.45) is 11.8 Å². The molecular formula is C20H20N4O2. The maximum absolute atomic E-state index is 11.9. The summed E-state index contributed by atoms with van der Waals surface area (Å²) in [5.74, 6) is 1.52. The van der Waals surface area contributed by atoms with Crippen LogP contribution in [0.4, 0.5) is 0 Å². The molecule has 0 saturated heterocycles. The molecule has 1 saturated carbocycles. The first-order chi connectivity index (χ1) is 12.6. The van der Waals surface area contributed by atoms with Gasteiger partial charge < -0.3 is 9.84 Å². The van der Waals surface area contributed by atoms with Crippen molar-refractivity contribution in [2.75, 3.05) is 0 Å². The van der Waals surface area contributed by atoms with Gasteiger partial charge in [-0.2, -0.15) is 0 Å². The van der Waals surface area contributed by atoms with Crippen LogP contribution in [0.15, 0.2) is 47.4 Å². The third-order valence-corrected chi connectivity index (χ3v) is 4.75. The van der Waals surface area contributed by atoms with Crippen molar-refractivity contribution < 1.29 is 9.32 Å². The number of amides is 1. The Kier molecular flexibility index (Phi) is 4.24. The van der Waals surface area contributed by atoms with E-state index in [-0.39, 0.29) is 11.8 Å². The van der Waals surface area contributed by atoms with E-state index in [1.165, 1.54) is 6.33 Å². The van der Waals surface area contributed by atoms with Gasteiger partial charge in [-0.3, -0.25) is 4.79 Å². The highest BCUT2D eigenvalue weighted by Crippen LogP contribution is 2.37. The highest BCUT2D eigenvalue weighted by Gasteiger charge is 2.38. The molecule has 6 heteroatoms. The fourth-order valence-electron chi connectivity index (χ4n) is 3.02. The zero-order valence-corrected chi connectivity index (χ0v) is 14.8. The van der Waals surface area contributed by atoms with Crippen LogP contribution in [0.5, 0.6) is 0 Å². The van der Waals surface area contributed by atoms with Gasteiger partial charge in [0, 0.05) is 30.3 Å². The van der Waals surface area contributed by atoms with Gasteiger partial charge >= 0.3 is 0 Å². The fourth-order valence-corrected chi connectivity index (χ4v) is 3.02. The second-order valence-corrected chi connectivity index (χ2v) is 6.85. The number of nitrogens with zero attached hydrogens (tertiary/aromatic N) is 3. The van der Waals surface area contributed by atoms with Gasteiger partial charge in [0.2, 0.25) is 5.91 Å². The predicted octanol–water partition coefficient (Wildman–Crippen LogP) is 3.38. The Morgan fingerprint density at radius 1 is 1.31 bits per heavy atom. The highest BCUT2D eigenvalue weighted by molar-refractivity contribution is 5.81. The van der Waals surface area contributed by atoms with Gasteiger partial charge in [0.1, 0.15) is 6.33 Å². The van der Waals surface area contributed by atoms with Gasteiger partial charge in [-0.1, -0.05) is 36.3 Å². The molecular weight excluding hydrogens is 328 g/mol. The van der Waals surface area contributed by atoms with Gasteiger partial charge in [-0.25, -0.2) is 9.97 Å². The number of rotatable bonds is 5. The Labute approximate surface area is 151 Å². The molecule has 1 aromatic carbocycles. The largest absolute Gasteiger partial charge is 0.356 e. The lowest BCUT2D eigenvalue weighted by Crippen LogP contribution is -2.24. The number of nitrogens with one attached hydrogen (secondary N) is 1. The second kappa shape index (κ2) is 6.71. The van der Waals surface area contributed by atoms with Gasteiger partial charge in [0.25, 0.3) is 0 Å². The van der Waals surface area contributed by atoms with Crippen molar-refractivity contribution in [2.45, 2.75) is 26.8 Å². The van der Waals surface area contributed by atoms with E-state index in [0.717, 1.165) is 34.5 Å². The Bertz CT molecular complexity index is 933. The summed E-state index contributed by atoms with van der Waals surface area (Å²) in [4.78, 5) is 20.5. The molecule has 0 aliphatic heterocycles. The van der Waals surface area contributed by atoms with Crippen LogP contribution in [-0.4, -0.2) is 21.0 Å². The Morgan fingerprint density at radius 2 is 2.08 bits per heavy atom. The van der Waals surface area contributed by atoms with Gasteiger partial charge in [0.05, 0.1) is 17.0 Å². The van der Waals surface area contributed by atoms with Crippen molar-refractivity contribution in [1.29, 1.82) is 0 Å². The van der Waals surface area contributed by atoms with E-state index in [0.29, 0.717) is 18.2 Å². The first-order valence-corrected chi connectivity index (χ1v) is 8.72. The van der Waals surface area contributed by atoms with Gasteiger partial charge in [0.15, 0.2) is 5.76 Å². The van der Waals surface area contributed by atoms with E-state index in [4.69, 9.17) is 4.52 Å². The van der Waals surface area contributed by atoms with Crippen molar-refractivity contribution in [3.05, 3.63) is 54.1 Å². The summed E-state index contributed by atoms with van der Waals surface area (Å²) in [6.45, 7) is 4.52. The molecule has 2 heterocycles. The molecule has 2 aromatic heterocycles. The zero-order chi connectivity index (χ0) is 18.1. The molecule has 0 bridgehead atoms. The van der Waals surface area contributed by atoms with E-state index >= 15 is 0 Å². The smallest absolute Gasteiger partial charge is 0.223 e. The van der Waals surface area contributed by atoms with Crippen LogP contribution in [0.25, 0.3) is 22.6 Å². The molecule has 6 nitrogen and oxygen atoms in total. The molecule has 1 aliphatic rings. The highest BCUT2D eigenvalue weighted by atomic mass is 16.5. The molecule has 1 N–H and O–H groups in total. The number of hydrogen-bond acceptors (Lipinski definition) is 5. The minimum absolute atomic E-state index is 0.153. The number of aromatic nitrogens is 3. The van der Waals surface area contributed by atoms with E-state index in [1.807, 2.05) is 37.3 Å². The molecule has 1 amide bonds. The number of benzene rings is 1. The lowest BCUT2D eigenvalue weighted by molar-refractivity contribution is -0.122. The van der Waals surface area contributed by atoms with E-state index in [9.17, 15) is 4.79 Å². The minimum Gasteiger partial charge on any atom is -0.356 e. The van der Waals surface area contributed by atoms with Crippen LogP contribution in [0.3, 0.4) is 0 Å². The second-order valence-electron chi connectivity index (χ2n) is 6.85. The number of carbonyl (C=O) groups is 1. The van der Waals surface area contributed by atoms with Crippen LogP contribution < -0.4 is 5.32 Å². The van der Waals surface area contributed by atoms with Crippen molar-refractivity contribution in [3.8, 4) is 22.6 Å². The molecule has 0 spiro atoms. The first kappa shape index (κ1) is 16.4.